The van der Waals surface area contributed by atoms with Crippen molar-refractivity contribution in [1.82, 2.24) is 15.1 Å². The van der Waals surface area contributed by atoms with Crippen LogP contribution in [-0.4, -0.2) is 74.9 Å². The van der Waals surface area contributed by atoms with E-state index in [4.69, 9.17) is 4.74 Å². The zero-order chi connectivity index (χ0) is 10.7. The third-order valence-electron chi connectivity index (χ3n) is 3.26. The summed E-state index contributed by atoms with van der Waals surface area (Å²) in [4.78, 5) is 4.88. The lowest BCUT2D eigenvalue weighted by Gasteiger charge is -2.37. The van der Waals surface area contributed by atoms with Crippen LogP contribution in [0, 0.1) is 0 Å². The maximum atomic E-state index is 5.78. The molecule has 15 heavy (non-hydrogen) atoms. The number of morpholine rings is 1. The van der Waals surface area contributed by atoms with Crippen molar-refractivity contribution in [2.45, 2.75) is 19.1 Å². The Kier molecular flexibility index (Phi) is 3.97. The molecule has 1 N–H and O–H groups in total. The summed E-state index contributed by atoms with van der Waals surface area (Å²) in [5.74, 6) is 0. The third kappa shape index (κ3) is 3.41. The minimum atomic E-state index is 0.411. The monoisotopic (exact) mass is 213 g/mol. The Balaban J connectivity index is 1.75. The first-order valence-corrected chi connectivity index (χ1v) is 6.00. The van der Waals surface area contributed by atoms with Crippen LogP contribution in [0.1, 0.15) is 6.92 Å². The molecule has 4 nitrogen and oxygen atoms in total. The van der Waals surface area contributed by atoms with Crippen molar-refractivity contribution in [3.8, 4) is 0 Å². The van der Waals surface area contributed by atoms with Gasteiger partial charge in [-0.2, -0.15) is 0 Å². The minimum absolute atomic E-state index is 0.411. The van der Waals surface area contributed by atoms with Crippen LogP contribution in [0.3, 0.4) is 0 Å². The second-order valence-corrected chi connectivity index (χ2v) is 4.87. The van der Waals surface area contributed by atoms with Crippen molar-refractivity contribution in [1.29, 1.82) is 0 Å². The quantitative estimate of drug-likeness (QED) is 0.676. The summed E-state index contributed by atoms with van der Waals surface area (Å²) in [6.45, 7) is 9.83. The van der Waals surface area contributed by atoms with E-state index < -0.39 is 0 Å². The number of hydrogen-bond acceptors (Lipinski definition) is 4. The van der Waals surface area contributed by atoms with E-state index in [1.807, 2.05) is 0 Å². The fraction of sp³-hybridized carbons (Fsp3) is 1.00. The highest BCUT2D eigenvalue weighted by molar-refractivity contribution is 4.79. The van der Waals surface area contributed by atoms with Gasteiger partial charge in [-0.25, -0.2) is 0 Å². The Morgan fingerprint density at radius 1 is 1.33 bits per heavy atom. The van der Waals surface area contributed by atoms with Gasteiger partial charge in [0.15, 0.2) is 0 Å². The van der Waals surface area contributed by atoms with Gasteiger partial charge in [-0.15, -0.1) is 0 Å². The molecule has 2 aliphatic rings. The molecule has 2 atom stereocenters. The summed E-state index contributed by atoms with van der Waals surface area (Å²) >= 11 is 0. The fourth-order valence-electron chi connectivity index (χ4n) is 2.44. The number of nitrogens with one attached hydrogen (secondary N) is 1. The van der Waals surface area contributed by atoms with Crippen LogP contribution in [0.25, 0.3) is 0 Å². The molecule has 0 aliphatic carbocycles. The highest BCUT2D eigenvalue weighted by atomic mass is 16.5. The van der Waals surface area contributed by atoms with Crippen molar-refractivity contribution < 1.29 is 4.74 Å². The van der Waals surface area contributed by atoms with Crippen molar-refractivity contribution >= 4 is 0 Å². The van der Waals surface area contributed by atoms with Crippen molar-refractivity contribution in [3.05, 3.63) is 0 Å². The lowest BCUT2D eigenvalue weighted by atomic mass is 10.2. The zero-order valence-electron chi connectivity index (χ0n) is 9.91. The topological polar surface area (TPSA) is 27.7 Å². The van der Waals surface area contributed by atoms with Gasteiger partial charge < -0.3 is 15.0 Å². The number of piperazine rings is 1. The average molecular weight is 213 g/mol. The molecule has 0 radical (unpaired) electrons. The summed E-state index contributed by atoms with van der Waals surface area (Å²) in [7, 11) is 2.18. The number of likely N-dealkylation sites (N-methyl/N-ethyl adjacent to an activating group) is 1. The smallest absolute Gasteiger partial charge is 0.0829 e. The van der Waals surface area contributed by atoms with E-state index in [-0.39, 0.29) is 0 Å². The minimum Gasteiger partial charge on any atom is -0.374 e. The molecule has 0 bridgehead atoms. The van der Waals surface area contributed by atoms with Gasteiger partial charge in [-0.05, 0) is 14.0 Å². The third-order valence-corrected chi connectivity index (χ3v) is 3.26. The van der Waals surface area contributed by atoms with Crippen molar-refractivity contribution in [2.24, 2.45) is 0 Å². The van der Waals surface area contributed by atoms with Crippen molar-refractivity contribution in [3.63, 3.8) is 0 Å². The molecule has 2 rings (SSSR count). The Hall–Kier alpha value is -0.160. The van der Waals surface area contributed by atoms with Crippen LogP contribution in [0.4, 0.5) is 0 Å². The standard InChI is InChI=1S/C11H23N3O/c1-10-7-14(4-3-12-10)9-11-8-13(2)5-6-15-11/h10-12H,3-9H2,1-2H3/t10-,11+/m1/s1. The normalized spacial score (nSPS) is 35.6. The van der Waals surface area contributed by atoms with Crippen LogP contribution in [0.5, 0.6) is 0 Å². The average Bonchev–Trinajstić information content (AvgIpc) is 2.17. The number of rotatable bonds is 2. The Morgan fingerprint density at radius 2 is 2.20 bits per heavy atom. The van der Waals surface area contributed by atoms with E-state index in [2.05, 4.69) is 29.1 Å². The molecule has 0 aromatic carbocycles. The molecule has 0 aromatic rings. The van der Waals surface area contributed by atoms with E-state index in [9.17, 15) is 0 Å². The molecule has 0 aromatic heterocycles. The molecule has 2 heterocycles. The lowest BCUT2D eigenvalue weighted by Crippen LogP contribution is -2.53. The zero-order valence-corrected chi connectivity index (χ0v) is 9.91. The first-order chi connectivity index (χ1) is 7.24. The second-order valence-electron chi connectivity index (χ2n) is 4.87. The maximum absolute atomic E-state index is 5.78. The summed E-state index contributed by atoms with van der Waals surface area (Å²) in [5, 5.41) is 3.47. The first-order valence-electron chi connectivity index (χ1n) is 6.00. The van der Waals surface area contributed by atoms with Gasteiger partial charge in [0.25, 0.3) is 0 Å². The molecular formula is C11H23N3O. The van der Waals surface area contributed by atoms with Crippen molar-refractivity contribution in [2.75, 3.05) is 52.9 Å². The SMILES string of the molecule is C[C@@H]1CN(C[C@@H]2CN(C)CCO2)CCN1. The lowest BCUT2D eigenvalue weighted by molar-refractivity contribution is -0.0383. The van der Waals surface area contributed by atoms with E-state index in [0.29, 0.717) is 12.1 Å². The fourth-order valence-corrected chi connectivity index (χ4v) is 2.44. The summed E-state index contributed by atoms with van der Waals surface area (Å²) < 4.78 is 5.78. The van der Waals surface area contributed by atoms with Gasteiger partial charge in [0, 0.05) is 45.3 Å². The molecular weight excluding hydrogens is 190 g/mol. The molecule has 2 fully saturated rings. The summed E-state index contributed by atoms with van der Waals surface area (Å²) in [6, 6.07) is 0.625. The van der Waals surface area contributed by atoms with Crippen LogP contribution in [0.2, 0.25) is 0 Å². The summed E-state index contributed by atoms with van der Waals surface area (Å²) in [6.07, 6.45) is 0.411. The molecule has 2 aliphatic heterocycles. The first kappa shape index (κ1) is 11.3. The van der Waals surface area contributed by atoms with Crippen LogP contribution in [0.15, 0.2) is 0 Å². The van der Waals surface area contributed by atoms with Gasteiger partial charge in [0.2, 0.25) is 0 Å². The molecule has 0 saturated carbocycles. The van der Waals surface area contributed by atoms with E-state index in [0.717, 1.165) is 45.9 Å². The summed E-state index contributed by atoms with van der Waals surface area (Å²) in [5.41, 5.74) is 0. The van der Waals surface area contributed by atoms with E-state index >= 15 is 0 Å². The number of nitrogens with zero attached hydrogens (tertiary/aromatic N) is 2. The van der Waals surface area contributed by atoms with Crippen LogP contribution >= 0.6 is 0 Å². The highest BCUT2D eigenvalue weighted by Gasteiger charge is 2.23. The largest absolute Gasteiger partial charge is 0.374 e. The predicted molar refractivity (Wildman–Crippen MR) is 61.1 cm³/mol. The van der Waals surface area contributed by atoms with E-state index in [1.54, 1.807) is 0 Å². The molecule has 0 amide bonds. The number of ether oxygens (including phenoxy) is 1. The Labute approximate surface area is 92.6 Å². The van der Waals surface area contributed by atoms with Gasteiger partial charge in [0.1, 0.15) is 0 Å². The molecule has 0 unspecified atom stereocenters. The van der Waals surface area contributed by atoms with Crippen LogP contribution in [-0.2, 0) is 4.74 Å². The maximum Gasteiger partial charge on any atom is 0.0829 e. The van der Waals surface area contributed by atoms with Gasteiger partial charge >= 0.3 is 0 Å². The second kappa shape index (κ2) is 5.25. The highest BCUT2D eigenvalue weighted by Crippen LogP contribution is 2.07. The Bertz CT molecular complexity index is 180. The van der Waals surface area contributed by atoms with E-state index in [1.165, 1.54) is 0 Å². The molecule has 4 heteroatoms. The van der Waals surface area contributed by atoms with Gasteiger partial charge in [-0.1, -0.05) is 0 Å². The number of hydrogen-bond donors (Lipinski definition) is 1. The molecule has 0 spiro atoms. The predicted octanol–water partition coefficient (Wildman–Crippen LogP) is -0.389. The Morgan fingerprint density at radius 3 is 2.93 bits per heavy atom. The molecule has 88 valence electrons. The van der Waals surface area contributed by atoms with Gasteiger partial charge in [-0.3, -0.25) is 4.90 Å². The van der Waals surface area contributed by atoms with Gasteiger partial charge in [0.05, 0.1) is 12.7 Å². The molecule has 2 saturated heterocycles. The van der Waals surface area contributed by atoms with Crippen LogP contribution < -0.4 is 5.32 Å².